The average Bonchev–Trinajstić information content (AvgIpc) is 2.91. The van der Waals surface area contributed by atoms with Gasteiger partial charge in [-0.05, 0) is 32.6 Å². The summed E-state index contributed by atoms with van der Waals surface area (Å²) in [5.41, 5.74) is -0.0159. The molecule has 1 aliphatic rings. The van der Waals surface area contributed by atoms with Gasteiger partial charge in [0.1, 0.15) is 11.3 Å². The molecule has 3 heterocycles. The molecule has 2 N–H and O–H groups in total. The highest BCUT2D eigenvalue weighted by molar-refractivity contribution is 5.69. The van der Waals surface area contributed by atoms with Crippen molar-refractivity contribution >= 4 is 11.2 Å². The lowest BCUT2D eigenvalue weighted by atomic mass is 10.0. The molecule has 3 rings (SSSR count). The minimum Gasteiger partial charge on any atom is -0.378 e. The first-order valence-corrected chi connectivity index (χ1v) is 7.52. The minimum absolute atomic E-state index is 0.276. The Morgan fingerprint density at radius 1 is 1.33 bits per heavy atom. The maximum Gasteiger partial charge on any atom is 0.330 e. The highest BCUT2D eigenvalue weighted by Crippen LogP contribution is 2.17. The minimum atomic E-state index is -0.413. The van der Waals surface area contributed by atoms with E-state index in [-0.39, 0.29) is 6.10 Å². The van der Waals surface area contributed by atoms with Gasteiger partial charge in [-0.15, -0.1) is 0 Å². The number of H-pyrrole nitrogens is 2. The lowest BCUT2D eigenvalue weighted by Gasteiger charge is -2.21. The monoisotopic (exact) mass is 292 g/mol. The van der Waals surface area contributed by atoms with E-state index in [0.717, 1.165) is 38.1 Å². The second-order valence-corrected chi connectivity index (χ2v) is 5.41. The van der Waals surface area contributed by atoms with Crippen LogP contribution in [0.2, 0.25) is 0 Å². The van der Waals surface area contributed by atoms with Crippen molar-refractivity contribution < 1.29 is 4.74 Å². The van der Waals surface area contributed by atoms with Gasteiger partial charge in [0, 0.05) is 19.6 Å². The Balaban J connectivity index is 1.85. The lowest BCUT2D eigenvalue weighted by Crippen LogP contribution is -2.29. The maximum atomic E-state index is 11.8. The third kappa shape index (κ3) is 2.78. The third-order valence-corrected chi connectivity index (χ3v) is 3.98. The van der Waals surface area contributed by atoms with E-state index in [1.165, 1.54) is 11.0 Å². The number of aromatic nitrogens is 4. The van der Waals surface area contributed by atoms with Crippen LogP contribution in [0.1, 0.15) is 38.4 Å². The van der Waals surface area contributed by atoms with Crippen LogP contribution >= 0.6 is 0 Å². The molecule has 7 heteroatoms. The summed E-state index contributed by atoms with van der Waals surface area (Å²) >= 11 is 0. The molecule has 1 unspecified atom stereocenters. The number of hydrogen-bond acceptors (Lipinski definition) is 4. The molecule has 0 aromatic carbocycles. The van der Waals surface area contributed by atoms with Crippen molar-refractivity contribution in [1.82, 2.24) is 19.5 Å². The Bertz CT molecular complexity index is 737. The van der Waals surface area contributed by atoms with Crippen molar-refractivity contribution in [2.24, 2.45) is 0 Å². The molecule has 1 saturated heterocycles. The predicted molar refractivity (Wildman–Crippen MR) is 78.6 cm³/mol. The van der Waals surface area contributed by atoms with Gasteiger partial charge in [0.2, 0.25) is 0 Å². The van der Waals surface area contributed by atoms with Crippen LogP contribution in [0.15, 0.2) is 9.59 Å². The van der Waals surface area contributed by atoms with Crippen LogP contribution < -0.4 is 11.2 Å². The van der Waals surface area contributed by atoms with Crippen molar-refractivity contribution in [1.29, 1.82) is 0 Å². The standard InChI is InChI=1S/C14H20N4O3/c1-2-18-12-11(13(19)17-14(18)20)15-10(16-12)7-6-9-5-3-4-8-21-9/h9H,2-8H2,1H3,(H,15,16)(H,17,19,20). The second kappa shape index (κ2) is 5.85. The van der Waals surface area contributed by atoms with Gasteiger partial charge in [0.25, 0.3) is 5.56 Å². The van der Waals surface area contributed by atoms with Crippen molar-refractivity contribution in [3.05, 3.63) is 26.7 Å². The summed E-state index contributed by atoms with van der Waals surface area (Å²) in [5.74, 6) is 0.734. The molecule has 2 aromatic rings. The smallest absolute Gasteiger partial charge is 0.330 e. The molecule has 0 radical (unpaired) electrons. The largest absolute Gasteiger partial charge is 0.378 e. The summed E-state index contributed by atoms with van der Waals surface area (Å²) in [6, 6.07) is 0. The molecule has 1 aliphatic heterocycles. The quantitative estimate of drug-likeness (QED) is 0.877. The van der Waals surface area contributed by atoms with Crippen LogP contribution in [-0.4, -0.2) is 32.2 Å². The van der Waals surface area contributed by atoms with E-state index >= 15 is 0 Å². The third-order valence-electron chi connectivity index (χ3n) is 3.98. The molecule has 7 nitrogen and oxygen atoms in total. The summed E-state index contributed by atoms with van der Waals surface area (Å²) in [4.78, 5) is 33.3. The number of nitrogens with one attached hydrogen (secondary N) is 2. The highest BCUT2D eigenvalue weighted by atomic mass is 16.5. The Hall–Kier alpha value is -1.89. The fourth-order valence-corrected chi connectivity index (χ4v) is 2.83. The summed E-state index contributed by atoms with van der Waals surface area (Å²) in [7, 11) is 0. The Labute approximate surface area is 121 Å². The maximum absolute atomic E-state index is 11.8. The molecule has 2 aromatic heterocycles. The molecule has 0 bridgehead atoms. The summed E-state index contributed by atoms with van der Waals surface area (Å²) in [6.45, 7) is 3.16. The van der Waals surface area contributed by atoms with Gasteiger partial charge < -0.3 is 9.72 Å². The molecule has 0 spiro atoms. The van der Waals surface area contributed by atoms with Crippen LogP contribution in [-0.2, 0) is 17.7 Å². The summed E-state index contributed by atoms with van der Waals surface area (Å²) in [5, 5.41) is 0. The molecule has 0 amide bonds. The Kier molecular flexibility index (Phi) is 3.92. The van der Waals surface area contributed by atoms with Crippen molar-refractivity contribution in [3.63, 3.8) is 0 Å². The molecule has 114 valence electrons. The van der Waals surface area contributed by atoms with Crippen molar-refractivity contribution in [3.8, 4) is 0 Å². The van der Waals surface area contributed by atoms with Gasteiger partial charge in [-0.2, -0.15) is 0 Å². The van der Waals surface area contributed by atoms with Crippen molar-refractivity contribution in [2.75, 3.05) is 6.61 Å². The van der Waals surface area contributed by atoms with E-state index in [1.807, 2.05) is 6.92 Å². The molecule has 0 saturated carbocycles. The van der Waals surface area contributed by atoms with E-state index < -0.39 is 11.2 Å². The van der Waals surface area contributed by atoms with E-state index in [4.69, 9.17) is 4.74 Å². The molecule has 21 heavy (non-hydrogen) atoms. The van der Waals surface area contributed by atoms with Gasteiger partial charge in [-0.3, -0.25) is 14.3 Å². The first-order chi connectivity index (χ1) is 10.2. The Morgan fingerprint density at radius 2 is 2.19 bits per heavy atom. The second-order valence-electron chi connectivity index (χ2n) is 5.41. The van der Waals surface area contributed by atoms with E-state index in [0.29, 0.717) is 17.7 Å². The number of fused-ring (bicyclic) bond motifs is 1. The summed E-state index contributed by atoms with van der Waals surface area (Å²) < 4.78 is 7.16. The molecule has 0 aliphatic carbocycles. The first-order valence-electron chi connectivity index (χ1n) is 7.52. The van der Waals surface area contributed by atoms with Gasteiger partial charge in [0.15, 0.2) is 5.65 Å². The topological polar surface area (TPSA) is 92.8 Å². The SMILES string of the molecule is CCn1c(=O)[nH]c(=O)c2[nH]c(CCC3CCCCO3)nc21. The number of nitrogens with zero attached hydrogens (tertiary/aromatic N) is 2. The Morgan fingerprint density at radius 3 is 2.90 bits per heavy atom. The fourth-order valence-electron chi connectivity index (χ4n) is 2.83. The van der Waals surface area contributed by atoms with Crippen LogP contribution in [0.25, 0.3) is 11.2 Å². The highest BCUT2D eigenvalue weighted by Gasteiger charge is 2.16. The fraction of sp³-hybridized carbons (Fsp3) is 0.643. The van der Waals surface area contributed by atoms with E-state index in [2.05, 4.69) is 15.0 Å². The zero-order valence-corrected chi connectivity index (χ0v) is 12.1. The van der Waals surface area contributed by atoms with Gasteiger partial charge >= 0.3 is 5.69 Å². The summed E-state index contributed by atoms with van der Waals surface area (Å²) in [6.07, 6.45) is 5.31. The van der Waals surface area contributed by atoms with Gasteiger partial charge in [0.05, 0.1) is 6.10 Å². The number of rotatable bonds is 4. The number of aromatic amines is 2. The normalized spacial score (nSPS) is 19.2. The van der Waals surface area contributed by atoms with E-state index in [1.54, 1.807) is 0 Å². The van der Waals surface area contributed by atoms with Crippen LogP contribution in [0.3, 0.4) is 0 Å². The first kappa shape index (κ1) is 14.1. The molecule has 1 fully saturated rings. The molecular formula is C14H20N4O3. The average molecular weight is 292 g/mol. The lowest BCUT2D eigenvalue weighted by molar-refractivity contribution is 0.0112. The van der Waals surface area contributed by atoms with E-state index in [9.17, 15) is 9.59 Å². The molecule has 1 atom stereocenters. The zero-order chi connectivity index (χ0) is 14.8. The number of imidazole rings is 1. The number of hydrogen-bond donors (Lipinski definition) is 2. The predicted octanol–water partition coefficient (Wildman–Crippen LogP) is 0.934. The van der Waals surface area contributed by atoms with Crippen molar-refractivity contribution in [2.45, 2.75) is 51.7 Å². The zero-order valence-electron chi connectivity index (χ0n) is 12.1. The number of ether oxygens (including phenoxy) is 1. The van der Waals surface area contributed by atoms with Gasteiger partial charge in [-0.1, -0.05) is 0 Å². The van der Waals surface area contributed by atoms with Gasteiger partial charge in [-0.25, -0.2) is 9.78 Å². The van der Waals surface area contributed by atoms with Crippen LogP contribution in [0.5, 0.6) is 0 Å². The number of aryl methyl sites for hydroxylation is 2. The van der Waals surface area contributed by atoms with Crippen LogP contribution in [0.4, 0.5) is 0 Å². The molecular weight excluding hydrogens is 272 g/mol. The van der Waals surface area contributed by atoms with Crippen LogP contribution in [0, 0.1) is 0 Å².